The predicted molar refractivity (Wildman–Crippen MR) is 86.0 cm³/mol. The maximum absolute atomic E-state index is 13.7. The van der Waals surface area contributed by atoms with Crippen LogP contribution >= 0.6 is 27.5 Å². The second kappa shape index (κ2) is 6.44. The Morgan fingerprint density at radius 2 is 2.10 bits per heavy atom. The van der Waals surface area contributed by atoms with Gasteiger partial charge >= 0.3 is 0 Å². The van der Waals surface area contributed by atoms with Gasteiger partial charge in [-0.3, -0.25) is 0 Å². The van der Waals surface area contributed by atoms with E-state index in [0.717, 1.165) is 17.8 Å². The number of imidazole rings is 1. The molecule has 0 fully saturated rings. The molecule has 1 aromatic heterocycles. The maximum Gasteiger partial charge on any atom is 0.139 e. The molecule has 20 heavy (non-hydrogen) atoms. The van der Waals surface area contributed by atoms with Crippen molar-refractivity contribution >= 4 is 38.6 Å². The van der Waals surface area contributed by atoms with E-state index >= 15 is 0 Å². The summed E-state index contributed by atoms with van der Waals surface area (Å²) < 4.78 is 16.4. The minimum atomic E-state index is -0.282. The molecule has 0 bridgehead atoms. The van der Waals surface area contributed by atoms with Crippen LogP contribution in [0, 0.1) is 11.7 Å². The SMILES string of the molecule is CCC(C)C(C)n1c(CCCl)nc2cc(F)c(Br)cc21. The van der Waals surface area contributed by atoms with Gasteiger partial charge in [0.1, 0.15) is 11.6 Å². The quantitative estimate of drug-likeness (QED) is 0.658. The molecule has 1 aromatic carbocycles. The van der Waals surface area contributed by atoms with Gasteiger partial charge in [0.2, 0.25) is 0 Å². The van der Waals surface area contributed by atoms with E-state index in [9.17, 15) is 4.39 Å². The lowest BCUT2D eigenvalue weighted by molar-refractivity contribution is 0.369. The van der Waals surface area contributed by atoms with Gasteiger partial charge in [0.15, 0.2) is 0 Å². The summed E-state index contributed by atoms with van der Waals surface area (Å²) in [7, 11) is 0. The van der Waals surface area contributed by atoms with Gasteiger partial charge < -0.3 is 4.57 Å². The predicted octanol–water partition coefficient (Wildman–Crippen LogP) is 5.33. The lowest BCUT2D eigenvalue weighted by atomic mass is 10.0. The van der Waals surface area contributed by atoms with Crippen LogP contribution in [-0.4, -0.2) is 15.4 Å². The molecule has 0 spiro atoms. The van der Waals surface area contributed by atoms with Crippen LogP contribution in [0.25, 0.3) is 11.0 Å². The van der Waals surface area contributed by atoms with Crippen molar-refractivity contribution in [2.45, 2.75) is 39.7 Å². The smallest absolute Gasteiger partial charge is 0.139 e. The first kappa shape index (κ1) is 15.8. The van der Waals surface area contributed by atoms with Crippen LogP contribution in [0.1, 0.15) is 39.1 Å². The minimum absolute atomic E-state index is 0.282. The highest BCUT2D eigenvalue weighted by molar-refractivity contribution is 9.10. The molecule has 0 saturated heterocycles. The topological polar surface area (TPSA) is 17.8 Å². The minimum Gasteiger partial charge on any atom is -0.325 e. The first-order valence-electron chi connectivity index (χ1n) is 6.91. The molecule has 2 aromatic rings. The average molecular weight is 362 g/mol. The monoisotopic (exact) mass is 360 g/mol. The van der Waals surface area contributed by atoms with Crippen molar-refractivity contribution in [1.82, 2.24) is 9.55 Å². The molecule has 0 radical (unpaired) electrons. The highest BCUT2D eigenvalue weighted by atomic mass is 79.9. The van der Waals surface area contributed by atoms with Crippen molar-refractivity contribution in [1.29, 1.82) is 0 Å². The Balaban J connectivity index is 2.64. The van der Waals surface area contributed by atoms with E-state index in [1.165, 1.54) is 6.07 Å². The summed E-state index contributed by atoms with van der Waals surface area (Å²) in [5, 5.41) is 0. The van der Waals surface area contributed by atoms with Crippen LogP contribution < -0.4 is 0 Å². The summed E-state index contributed by atoms with van der Waals surface area (Å²) >= 11 is 9.14. The van der Waals surface area contributed by atoms with Crippen LogP contribution in [0.2, 0.25) is 0 Å². The van der Waals surface area contributed by atoms with Gasteiger partial charge in [0.25, 0.3) is 0 Å². The number of rotatable bonds is 5. The van der Waals surface area contributed by atoms with Crippen molar-refractivity contribution < 1.29 is 4.39 Å². The van der Waals surface area contributed by atoms with E-state index in [-0.39, 0.29) is 5.82 Å². The summed E-state index contributed by atoms with van der Waals surface area (Å²) in [6, 6.07) is 3.60. The van der Waals surface area contributed by atoms with Crippen LogP contribution in [0.4, 0.5) is 4.39 Å². The Labute approximate surface area is 132 Å². The van der Waals surface area contributed by atoms with Gasteiger partial charge in [-0.2, -0.15) is 0 Å². The van der Waals surface area contributed by atoms with Crippen LogP contribution in [0.5, 0.6) is 0 Å². The lowest BCUT2D eigenvalue weighted by Crippen LogP contribution is -2.16. The lowest BCUT2D eigenvalue weighted by Gasteiger charge is -2.23. The fraction of sp³-hybridized carbons (Fsp3) is 0.533. The second-order valence-electron chi connectivity index (χ2n) is 5.22. The van der Waals surface area contributed by atoms with E-state index in [1.54, 1.807) is 0 Å². The van der Waals surface area contributed by atoms with Crippen molar-refractivity contribution in [2.75, 3.05) is 5.88 Å². The number of aromatic nitrogens is 2. The number of halogens is 3. The molecule has 0 saturated carbocycles. The summed E-state index contributed by atoms with van der Waals surface area (Å²) in [6.07, 6.45) is 1.78. The normalized spacial score (nSPS) is 14.7. The molecule has 5 heteroatoms. The number of fused-ring (bicyclic) bond motifs is 1. The summed E-state index contributed by atoms with van der Waals surface area (Å²) in [4.78, 5) is 4.56. The second-order valence-corrected chi connectivity index (χ2v) is 6.45. The van der Waals surface area contributed by atoms with Gasteiger partial charge in [-0.15, -0.1) is 11.6 Å². The van der Waals surface area contributed by atoms with E-state index in [0.29, 0.717) is 34.2 Å². The number of benzene rings is 1. The summed E-state index contributed by atoms with van der Waals surface area (Å²) in [5.74, 6) is 1.68. The average Bonchev–Trinajstić information content (AvgIpc) is 2.75. The largest absolute Gasteiger partial charge is 0.325 e. The molecule has 110 valence electrons. The zero-order valence-electron chi connectivity index (χ0n) is 12.0. The Kier molecular flexibility index (Phi) is 5.08. The number of hydrogen-bond donors (Lipinski definition) is 0. The van der Waals surface area contributed by atoms with Gasteiger partial charge in [-0.25, -0.2) is 9.37 Å². The van der Waals surface area contributed by atoms with E-state index < -0.39 is 0 Å². The molecule has 2 rings (SSSR count). The Morgan fingerprint density at radius 1 is 1.40 bits per heavy atom. The Bertz CT molecular complexity index is 611. The fourth-order valence-corrected chi connectivity index (χ4v) is 2.95. The Hall–Kier alpha value is -0.610. The third kappa shape index (κ3) is 2.86. The number of hydrogen-bond acceptors (Lipinski definition) is 1. The highest BCUT2D eigenvalue weighted by Crippen LogP contribution is 2.30. The molecule has 1 heterocycles. The fourth-order valence-electron chi connectivity index (χ4n) is 2.45. The molecular weight excluding hydrogens is 343 g/mol. The van der Waals surface area contributed by atoms with E-state index in [2.05, 4.69) is 46.3 Å². The van der Waals surface area contributed by atoms with Gasteiger partial charge in [-0.1, -0.05) is 20.3 Å². The van der Waals surface area contributed by atoms with Crippen LogP contribution in [0.3, 0.4) is 0 Å². The van der Waals surface area contributed by atoms with Gasteiger partial charge in [0, 0.05) is 24.4 Å². The summed E-state index contributed by atoms with van der Waals surface area (Å²) in [5.41, 5.74) is 1.66. The Morgan fingerprint density at radius 3 is 2.70 bits per heavy atom. The highest BCUT2D eigenvalue weighted by Gasteiger charge is 2.20. The van der Waals surface area contributed by atoms with Crippen LogP contribution in [-0.2, 0) is 6.42 Å². The zero-order chi connectivity index (χ0) is 14.9. The van der Waals surface area contributed by atoms with E-state index in [1.807, 2.05) is 6.07 Å². The zero-order valence-corrected chi connectivity index (χ0v) is 14.3. The van der Waals surface area contributed by atoms with Gasteiger partial charge in [0.05, 0.1) is 15.5 Å². The molecule has 0 aliphatic carbocycles. The molecule has 0 N–H and O–H groups in total. The number of nitrogens with zero attached hydrogens (tertiary/aromatic N) is 2. The summed E-state index contributed by atoms with van der Waals surface area (Å²) in [6.45, 7) is 6.58. The third-order valence-electron chi connectivity index (χ3n) is 4.00. The van der Waals surface area contributed by atoms with Crippen molar-refractivity contribution in [2.24, 2.45) is 5.92 Å². The first-order chi connectivity index (χ1) is 9.49. The first-order valence-corrected chi connectivity index (χ1v) is 8.24. The molecular formula is C15H19BrClFN2. The van der Waals surface area contributed by atoms with Crippen LogP contribution in [0.15, 0.2) is 16.6 Å². The maximum atomic E-state index is 13.7. The molecule has 2 unspecified atom stereocenters. The molecule has 2 atom stereocenters. The third-order valence-corrected chi connectivity index (χ3v) is 4.79. The van der Waals surface area contributed by atoms with Crippen molar-refractivity contribution in [3.05, 3.63) is 28.2 Å². The van der Waals surface area contributed by atoms with E-state index in [4.69, 9.17) is 11.6 Å². The molecule has 0 aliphatic heterocycles. The standard InChI is InChI=1S/C15H19BrClFN2/c1-4-9(2)10(3)20-14-7-11(16)12(18)8-13(14)19-15(20)5-6-17/h7-10H,4-6H2,1-3H3. The van der Waals surface area contributed by atoms with Gasteiger partial charge in [-0.05, 0) is 34.8 Å². The molecule has 0 aliphatic rings. The molecule has 0 amide bonds. The number of alkyl halides is 1. The van der Waals surface area contributed by atoms with Crippen molar-refractivity contribution in [3.63, 3.8) is 0 Å². The van der Waals surface area contributed by atoms with Crippen molar-refractivity contribution in [3.8, 4) is 0 Å². The molecule has 2 nitrogen and oxygen atoms in total. The number of aryl methyl sites for hydroxylation is 1.